The summed E-state index contributed by atoms with van der Waals surface area (Å²) in [5.74, 6) is 0.189. The molecule has 8 rings (SSSR count). The molecule has 4 unspecified atom stereocenters. The molecule has 168 valence electrons. The molecular formula is C25H32O6. The molecule has 0 spiro atoms. The van der Waals surface area contributed by atoms with Gasteiger partial charge in [-0.15, -0.1) is 0 Å². The molecule has 0 amide bonds. The summed E-state index contributed by atoms with van der Waals surface area (Å²) in [6.45, 7) is 3.54. The Hall–Kier alpha value is -1.85. The summed E-state index contributed by atoms with van der Waals surface area (Å²) in [5, 5.41) is 10.0. The minimum absolute atomic E-state index is 0.150. The normalized spacial score (nSPS) is 50.8. The first-order chi connectivity index (χ1) is 14.7. The third-order valence-corrected chi connectivity index (χ3v) is 9.69. The summed E-state index contributed by atoms with van der Waals surface area (Å²) >= 11 is 0. The molecule has 31 heavy (non-hydrogen) atoms. The predicted molar refractivity (Wildman–Crippen MR) is 110 cm³/mol. The Morgan fingerprint density at radius 2 is 1.19 bits per heavy atom. The summed E-state index contributed by atoms with van der Waals surface area (Å²) < 4.78 is 12.3. The fraction of sp³-hybridized carbons (Fsp3) is 0.800. The van der Waals surface area contributed by atoms with Gasteiger partial charge in [0.25, 0.3) is 0 Å². The van der Waals surface area contributed by atoms with Crippen LogP contribution >= 0.6 is 0 Å². The van der Waals surface area contributed by atoms with Crippen LogP contribution in [0.4, 0.5) is 0 Å². The lowest BCUT2D eigenvalue weighted by Crippen LogP contribution is -2.63. The maximum Gasteiger partial charge on any atom is 0.330 e. The van der Waals surface area contributed by atoms with Gasteiger partial charge < -0.3 is 14.6 Å². The summed E-state index contributed by atoms with van der Waals surface area (Å²) in [4.78, 5) is 38.1. The van der Waals surface area contributed by atoms with E-state index in [0.717, 1.165) is 64.2 Å². The van der Waals surface area contributed by atoms with Crippen LogP contribution in [0.15, 0.2) is 12.7 Å². The molecule has 8 aliphatic rings. The van der Waals surface area contributed by atoms with Gasteiger partial charge in [0.05, 0.1) is 10.8 Å². The van der Waals surface area contributed by atoms with Gasteiger partial charge in [-0.25, -0.2) is 4.79 Å². The fourth-order valence-corrected chi connectivity index (χ4v) is 9.64. The predicted octanol–water partition coefficient (Wildman–Crippen LogP) is 4.02. The number of hydrogen-bond donors (Lipinski definition) is 1. The zero-order chi connectivity index (χ0) is 21.6. The first-order valence-electron chi connectivity index (χ1n) is 12.0. The van der Waals surface area contributed by atoms with Crippen molar-refractivity contribution in [1.82, 2.24) is 0 Å². The first-order valence-corrected chi connectivity index (χ1v) is 12.0. The number of aliphatic carboxylic acids is 1. The van der Waals surface area contributed by atoms with Gasteiger partial charge in [0.15, 0.2) is 0 Å². The number of carbonyl (C=O) groups excluding carboxylic acids is 2. The van der Waals surface area contributed by atoms with Gasteiger partial charge in [0.2, 0.25) is 0 Å². The van der Waals surface area contributed by atoms with Gasteiger partial charge in [0, 0.05) is 18.9 Å². The molecule has 1 N–H and O–H groups in total. The molecule has 6 nitrogen and oxygen atoms in total. The number of esters is 2. The van der Waals surface area contributed by atoms with Crippen molar-refractivity contribution in [2.24, 2.45) is 34.5 Å². The van der Waals surface area contributed by atoms with E-state index in [1.807, 2.05) is 0 Å². The molecule has 8 fully saturated rings. The SMILES string of the molecule is C=CC(=O)OC12CC3CC(C1)CC(C(=O)OC14CC5CC(C1)CC(C(=O)O)(C5)C4)(C3)C2. The second-order valence-electron chi connectivity index (χ2n) is 12.2. The maximum atomic E-state index is 13.8. The summed E-state index contributed by atoms with van der Waals surface area (Å²) in [6, 6.07) is 0. The molecular weight excluding hydrogens is 396 g/mol. The van der Waals surface area contributed by atoms with Gasteiger partial charge in [-0.05, 0) is 87.9 Å². The lowest BCUT2D eigenvalue weighted by molar-refractivity contribution is -0.235. The maximum absolute atomic E-state index is 13.8. The Labute approximate surface area is 182 Å². The summed E-state index contributed by atoms with van der Waals surface area (Å²) in [7, 11) is 0. The van der Waals surface area contributed by atoms with Crippen LogP contribution in [0, 0.1) is 34.5 Å². The van der Waals surface area contributed by atoms with Crippen LogP contribution in [-0.2, 0) is 23.9 Å². The van der Waals surface area contributed by atoms with E-state index in [2.05, 4.69) is 6.58 Å². The van der Waals surface area contributed by atoms with Crippen LogP contribution in [0.1, 0.15) is 77.0 Å². The van der Waals surface area contributed by atoms with Crippen molar-refractivity contribution in [3.05, 3.63) is 12.7 Å². The number of carboxylic acid groups (broad SMARTS) is 1. The van der Waals surface area contributed by atoms with Crippen LogP contribution in [0.25, 0.3) is 0 Å². The highest BCUT2D eigenvalue weighted by Gasteiger charge is 2.66. The zero-order valence-electron chi connectivity index (χ0n) is 18.1. The number of ether oxygens (including phenoxy) is 2. The molecule has 0 saturated heterocycles. The van der Waals surface area contributed by atoms with Crippen molar-refractivity contribution in [2.45, 2.75) is 88.3 Å². The van der Waals surface area contributed by atoms with Crippen molar-refractivity contribution in [3.8, 4) is 0 Å². The number of rotatable bonds is 5. The van der Waals surface area contributed by atoms with E-state index >= 15 is 0 Å². The van der Waals surface area contributed by atoms with Gasteiger partial charge in [-0.2, -0.15) is 0 Å². The third-order valence-electron chi connectivity index (χ3n) is 9.69. The van der Waals surface area contributed by atoms with Crippen LogP contribution in [0.5, 0.6) is 0 Å². The second-order valence-corrected chi connectivity index (χ2v) is 12.2. The van der Waals surface area contributed by atoms with Gasteiger partial charge in [-0.1, -0.05) is 6.58 Å². The topological polar surface area (TPSA) is 89.9 Å². The molecule has 6 heteroatoms. The van der Waals surface area contributed by atoms with E-state index in [9.17, 15) is 19.5 Å². The summed E-state index contributed by atoms with van der Waals surface area (Å²) in [5.41, 5.74) is -2.50. The average Bonchev–Trinajstić information content (AvgIpc) is 2.65. The highest BCUT2D eigenvalue weighted by atomic mass is 16.6. The Morgan fingerprint density at radius 3 is 1.68 bits per heavy atom. The van der Waals surface area contributed by atoms with E-state index in [1.165, 1.54) is 6.08 Å². The van der Waals surface area contributed by atoms with Crippen molar-refractivity contribution in [2.75, 3.05) is 0 Å². The molecule has 8 saturated carbocycles. The third kappa shape index (κ3) is 2.85. The largest absolute Gasteiger partial charge is 0.481 e. The van der Waals surface area contributed by atoms with E-state index in [0.29, 0.717) is 36.5 Å². The van der Waals surface area contributed by atoms with Gasteiger partial charge in [0.1, 0.15) is 11.2 Å². The van der Waals surface area contributed by atoms with Crippen LogP contribution in [0.3, 0.4) is 0 Å². The number of carbonyl (C=O) groups is 3. The van der Waals surface area contributed by atoms with Crippen molar-refractivity contribution < 1.29 is 29.0 Å². The van der Waals surface area contributed by atoms with E-state index in [1.54, 1.807) is 0 Å². The molecule has 4 atom stereocenters. The lowest BCUT2D eigenvalue weighted by atomic mass is 9.47. The van der Waals surface area contributed by atoms with Crippen molar-refractivity contribution in [1.29, 1.82) is 0 Å². The number of hydrogen-bond acceptors (Lipinski definition) is 5. The second kappa shape index (κ2) is 6.14. The van der Waals surface area contributed by atoms with Crippen molar-refractivity contribution in [3.63, 3.8) is 0 Å². The molecule has 0 heterocycles. The van der Waals surface area contributed by atoms with Crippen LogP contribution in [0.2, 0.25) is 0 Å². The molecule has 0 aromatic carbocycles. The molecule has 8 aliphatic carbocycles. The Kier molecular flexibility index (Phi) is 3.92. The van der Waals surface area contributed by atoms with Crippen molar-refractivity contribution >= 4 is 17.9 Å². The molecule has 0 aliphatic heterocycles. The fourth-order valence-electron chi connectivity index (χ4n) is 9.64. The molecule has 0 aromatic rings. The smallest absolute Gasteiger partial charge is 0.330 e. The lowest BCUT2D eigenvalue weighted by Gasteiger charge is -2.62. The van der Waals surface area contributed by atoms with Gasteiger partial charge in [-0.3, -0.25) is 9.59 Å². The Morgan fingerprint density at radius 1 is 0.742 bits per heavy atom. The summed E-state index contributed by atoms with van der Waals surface area (Å²) in [6.07, 6.45) is 10.7. The van der Waals surface area contributed by atoms with Gasteiger partial charge >= 0.3 is 17.9 Å². The minimum atomic E-state index is -0.716. The van der Waals surface area contributed by atoms with E-state index in [-0.39, 0.29) is 5.97 Å². The molecule has 8 bridgehead atoms. The first kappa shape index (κ1) is 19.8. The highest BCUT2D eigenvalue weighted by Crippen LogP contribution is 2.66. The standard InChI is InChI=1S/C25H32O6/c1-2-19(26)30-24-9-17-4-18(10-24)8-23(7-17,14-24)21(29)31-25-11-15-3-16(12-25)6-22(5-15,13-25)20(27)28/h2,15-18H,1,3-14H2,(H,27,28). The minimum Gasteiger partial charge on any atom is -0.481 e. The van der Waals surface area contributed by atoms with Crippen LogP contribution < -0.4 is 0 Å². The monoisotopic (exact) mass is 428 g/mol. The molecule has 0 radical (unpaired) electrons. The highest BCUT2D eigenvalue weighted by molar-refractivity contribution is 5.82. The molecule has 0 aromatic heterocycles. The van der Waals surface area contributed by atoms with E-state index in [4.69, 9.17) is 9.47 Å². The zero-order valence-corrected chi connectivity index (χ0v) is 18.1. The quantitative estimate of drug-likeness (QED) is 0.525. The average molecular weight is 429 g/mol. The van der Waals surface area contributed by atoms with E-state index < -0.39 is 34.0 Å². The Bertz CT molecular complexity index is 845. The number of carboxylic acids is 1. The van der Waals surface area contributed by atoms with Crippen LogP contribution in [-0.4, -0.2) is 34.2 Å². The Balaban J connectivity index is 1.27.